The van der Waals surface area contributed by atoms with Crippen LogP contribution >= 0.6 is 0 Å². The van der Waals surface area contributed by atoms with E-state index in [1.165, 1.54) is 12.1 Å². The number of fused-ring (bicyclic) bond motifs is 1. The lowest BCUT2D eigenvalue weighted by Crippen LogP contribution is -2.38. The predicted octanol–water partition coefficient (Wildman–Crippen LogP) is 7.62. The van der Waals surface area contributed by atoms with Crippen molar-refractivity contribution in [3.63, 3.8) is 0 Å². The van der Waals surface area contributed by atoms with E-state index in [-0.39, 0.29) is 23.4 Å². The predicted molar refractivity (Wildman–Crippen MR) is 146 cm³/mol. The summed E-state index contributed by atoms with van der Waals surface area (Å²) in [5.74, 6) is -0.300. The monoisotopic (exact) mass is 496 g/mol. The molecule has 1 aliphatic carbocycles. The van der Waals surface area contributed by atoms with Gasteiger partial charge in [0.25, 0.3) is 0 Å². The van der Waals surface area contributed by atoms with Crippen LogP contribution in [-0.2, 0) is 9.59 Å². The summed E-state index contributed by atoms with van der Waals surface area (Å²) >= 11 is 0. The number of rotatable bonds is 6. The van der Waals surface area contributed by atoms with Gasteiger partial charge in [-0.05, 0) is 66.6 Å². The van der Waals surface area contributed by atoms with Gasteiger partial charge in [-0.15, -0.1) is 0 Å². The van der Waals surface area contributed by atoms with Gasteiger partial charge in [-0.1, -0.05) is 68.3 Å². The summed E-state index contributed by atoms with van der Waals surface area (Å²) in [6.07, 6.45) is 4.18. The van der Waals surface area contributed by atoms with Gasteiger partial charge >= 0.3 is 0 Å². The Hall–Kier alpha value is -3.73. The number of ketones is 1. The number of unbranched alkanes of at least 4 members (excludes halogenated alkanes) is 2. The quantitative estimate of drug-likeness (QED) is 0.357. The average molecular weight is 497 g/mol. The maximum absolute atomic E-state index is 14.0. The molecule has 5 heteroatoms. The number of aryl methyl sites for hydroxylation is 1. The van der Waals surface area contributed by atoms with Crippen LogP contribution in [0.4, 0.5) is 15.8 Å². The van der Waals surface area contributed by atoms with E-state index in [4.69, 9.17) is 0 Å². The molecule has 4 nitrogen and oxygen atoms in total. The summed E-state index contributed by atoms with van der Waals surface area (Å²) in [7, 11) is 0. The summed E-state index contributed by atoms with van der Waals surface area (Å²) in [6, 6.07) is 21.7. The lowest BCUT2D eigenvalue weighted by atomic mass is 9.78. The van der Waals surface area contributed by atoms with Crippen molar-refractivity contribution in [1.82, 2.24) is 0 Å². The van der Waals surface area contributed by atoms with Crippen molar-refractivity contribution < 1.29 is 14.0 Å². The minimum Gasteiger partial charge on any atom is -0.357 e. The highest BCUT2D eigenvalue weighted by Crippen LogP contribution is 2.47. The Kier molecular flexibility index (Phi) is 7.22. The van der Waals surface area contributed by atoms with Crippen LogP contribution in [0.3, 0.4) is 0 Å². The molecule has 1 aliphatic heterocycles. The van der Waals surface area contributed by atoms with Gasteiger partial charge in [0, 0.05) is 24.1 Å². The van der Waals surface area contributed by atoms with E-state index >= 15 is 0 Å². The average Bonchev–Trinajstić information content (AvgIpc) is 3.04. The summed E-state index contributed by atoms with van der Waals surface area (Å²) < 4.78 is 14.0. The van der Waals surface area contributed by atoms with E-state index in [9.17, 15) is 14.0 Å². The lowest BCUT2D eigenvalue weighted by Gasteiger charge is -2.35. The topological polar surface area (TPSA) is 49.4 Å². The van der Waals surface area contributed by atoms with E-state index in [2.05, 4.69) is 24.4 Å². The third-order valence-electron chi connectivity index (χ3n) is 7.46. The molecule has 0 radical (unpaired) electrons. The first-order valence-electron chi connectivity index (χ1n) is 13.2. The Balaban J connectivity index is 1.68. The molecule has 0 saturated heterocycles. The van der Waals surface area contributed by atoms with Gasteiger partial charge in [0.15, 0.2) is 5.78 Å². The number of nitrogens with zero attached hydrogens (tertiary/aromatic N) is 1. The van der Waals surface area contributed by atoms with Crippen LogP contribution in [-0.4, -0.2) is 11.7 Å². The lowest BCUT2D eigenvalue weighted by molar-refractivity contribution is -0.119. The Labute approximate surface area is 218 Å². The Bertz CT molecular complexity index is 1330. The molecule has 190 valence electrons. The second-order valence-corrected chi connectivity index (χ2v) is 10.2. The van der Waals surface area contributed by atoms with Crippen LogP contribution in [0, 0.1) is 12.7 Å². The zero-order valence-electron chi connectivity index (χ0n) is 21.5. The Morgan fingerprint density at radius 1 is 0.973 bits per heavy atom. The number of amides is 1. The summed E-state index contributed by atoms with van der Waals surface area (Å²) in [4.78, 5) is 29.7. The largest absolute Gasteiger partial charge is 0.357 e. The van der Waals surface area contributed by atoms with Gasteiger partial charge in [-0.25, -0.2) is 4.39 Å². The zero-order valence-corrected chi connectivity index (χ0v) is 21.5. The van der Waals surface area contributed by atoms with Gasteiger partial charge in [-0.2, -0.15) is 0 Å². The maximum Gasteiger partial charge on any atom is 0.227 e. The van der Waals surface area contributed by atoms with E-state index in [0.29, 0.717) is 24.8 Å². The number of carbonyl (C=O) groups excluding carboxylic acids is 2. The molecule has 2 unspecified atom stereocenters. The van der Waals surface area contributed by atoms with E-state index < -0.39 is 6.04 Å². The highest BCUT2D eigenvalue weighted by molar-refractivity contribution is 6.06. The smallest absolute Gasteiger partial charge is 0.227 e. The van der Waals surface area contributed by atoms with Crippen LogP contribution in [0.15, 0.2) is 84.1 Å². The fourth-order valence-electron chi connectivity index (χ4n) is 5.59. The molecule has 2 atom stereocenters. The molecular formula is C32H33FN2O2. The number of nitrogens with one attached hydrogen (secondary N) is 1. The summed E-state index contributed by atoms with van der Waals surface area (Å²) in [5.41, 5.74) is 5.91. The molecule has 0 aromatic heterocycles. The van der Waals surface area contributed by atoms with Crippen molar-refractivity contribution in [1.29, 1.82) is 0 Å². The van der Waals surface area contributed by atoms with Crippen LogP contribution in [0.2, 0.25) is 0 Å². The van der Waals surface area contributed by atoms with Gasteiger partial charge in [0.05, 0.1) is 17.4 Å². The standard InChI is InChI=1S/C32H33FN2O2/c1-3-4-6-11-30(37)35-28-18-21(2)12-17-26(28)34-27-19-24(22-9-7-5-8-10-22)20-29(36)31(27)32(35)23-13-15-25(33)16-14-23/h5,7-10,12-18,24,32,34H,3-4,6,11,19-20H2,1-2H3. The third-order valence-corrected chi connectivity index (χ3v) is 7.46. The second-order valence-electron chi connectivity index (χ2n) is 10.2. The molecule has 37 heavy (non-hydrogen) atoms. The number of benzene rings is 3. The molecule has 5 rings (SSSR count). The molecule has 1 amide bonds. The summed E-state index contributed by atoms with van der Waals surface area (Å²) in [5, 5.41) is 3.57. The number of carbonyl (C=O) groups is 2. The Morgan fingerprint density at radius 2 is 1.73 bits per heavy atom. The molecule has 1 heterocycles. The number of hydrogen-bond donors (Lipinski definition) is 1. The number of allylic oxidation sites excluding steroid dienone is 1. The van der Waals surface area contributed by atoms with Crippen LogP contribution in [0.25, 0.3) is 0 Å². The van der Waals surface area contributed by atoms with Crippen molar-refractivity contribution in [2.75, 3.05) is 10.2 Å². The van der Waals surface area contributed by atoms with Crippen LogP contribution in [0.1, 0.15) is 74.1 Å². The zero-order chi connectivity index (χ0) is 25.9. The van der Waals surface area contributed by atoms with E-state index in [0.717, 1.165) is 53.0 Å². The van der Waals surface area contributed by atoms with E-state index in [1.54, 1.807) is 17.0 Å². The van der Waals surface area contributed by atoms with Gasteiger partial charge in [-0.3, -0.25) is 14.5 Å². The normalized spacial score (nSPS) is 19.1. The SMILES string of the molecule is CCCCCC(=O)N1c2cc(C)ccc2NC2=C(C(=O)CC(c3ccccc3)C2)C1c1ccc(F)cc1. The van der Waals surface area contributed by atoms with Crippen LogP contribution in [0.5, 0.6) is 0 Å². The van der Waals surface area contributed by atoms with Crippen molar-refractivity contribution in [3.05, 3.63) is 107 Å². The molecule has 3 aromatic rings. The highest BCUT2D eigenvalue weighted by Gasteiger charge is 2.41. The van der Waals surface area contributed by atoms with Crippen molar-refractivity contribution in [2.45, 2.75) is 64.3 Å². The fraction of sp³-hybridized carbons (Fsp3) is 0.312. The number of halogens is 1. The molecule has 0 fully saturated rings. The fourth-order valence-corrected chi connectivity index (χ4v) is 5.59. The molecule has 0 bridgehead atoms. The molecule has 0 saturated carbocycles. The number of hydrogen-bond acceptors (Lipinski definition) is 3. The van der Waals surface area contributed by atoms with Crippen molar-refractivity contribution in [3.8, 4) is 0 Å². The molecule has 1 N–H and O–H groups in total. The number of anilines is 2. The minimum atomic E-state index is -0.621. The van der Waals surface area contributed by atoms with Gasteiger partial charge in [0.2, 0.25) is 5.91 Å². The van der Waals surface area contributed by atoms with Gasteiger partial charge in [0.1, 0.15) is 5.82 Å². The summed E-state index contributed by atoms with van der Waals surface area (Å²) in [6.45, 7) is 4.11. The van der Waals surface area contributed by atoms with E-state index in [1.807, 2.05) is 43.3 Å². The van der Waals surface area contributed by atoms with Crippen molar-refractivity contribution >= 4 is 23.1 Å². The molecular weight excluding hydrogens is 463 g/mol. The minimum absolute atomic E-state index is 0.0211. The van der Waals surface area contributed by atoms with Crippen molar-refractivity contribution in [2.24, 2.45) is 0 Å². The maximum atomic E-state index is 14.0. The first-order chi connectivity index (χ1) is 18.0. The Morgan fingerprint density at radius 3 is 2.46 bits per heavy atom. The number of Topliss-reactive ketones (excluding diaryl/α,β-unsaturated/α-hetero) is 1. The highest BCUT2D eigenvalue weighted by atomic mass is 19.1. The third kappa shape index (κ3) is 5.08. The second kappa shape index (κ2) is 10.7. The first-order valence-corrected chi connectivity index (χ1v) is 13.2. The van der Waals surface area contributed by atoms with Crippen LogP contribution < -0.4 is 10.2 Å². The molecule has 3 aromatic carbocycles. The first kappa shape index (κ1) is 24.9. The molecule has 2 aliphatic rings. The molecule has 0 spiro atoms. The van der Waals surface area contributed by atoms with Gasteiger partial charge < -0.3 is 5.32 Å².